The van der Waals surface area contributed by atoms with Gasteiger partial charge in [-0.25, -0.2) is 0 Å². The average Bonchev–Trinajstić information content (AvgIpc) is 2.16. The van der Waals surface area contributed by atoms with E-state index in [1.54, 1.807) is 0 Å². The van der Waals surface area contributed by atoms with Crippen LogP contribution in [0.2, 0.25) is 0 Å². The SMILES string of the molecule is CCOCCOCCN=C(N)NCl. The van der Waals surface area contributed by atoms with E-state index in [2.05, 4.69) is 9.83 Å². The van der Waals surface area contributed by atoms with E-state index in [0.29, 0.717) is 33.0 Å². The third kappa shape index (κ3) is 9.39. The fraction of sp³-hybridized carbons (Fsp3) is 0.857. The third-order valence-corrected chi connectivity index (χ3v) is 1.38. The Hall–Kier alpha value is -0.520. The lowest BCUT2D eigenvalue weighted by Gasteiger charge is -2.02. The maximum absolute atomic E-state index is 5.26. The Balaban J connectivity index is 3.08. The molecule has 3 N–H and O–H groups in total. The molecule has 0 amide bonds. The van der Waals surface area contributed by atoms with Gasteiger partial charge < -0.3 is 15.2 Å². The largest absolute Gasteiger partial charge is 0.379 e. The summed E-state index contributed by atoms with van der Waals surface area (Å²) in [6, 6.07) is 0. The van der Waals surface area contributed by atoms with Crippen molar-refractivity contribution in [2.45, 2.75) is 6.92 Å². The molecule has 0 unspecified atom stereocenters. The number of halogens is 1. The molecule has 0 spiro atoms. The van der Waals surface area contributed by atoms with Gasteiger partial charge in [-0.1, -0.05) is 0 Å². The first-order chi connectivity index (χ1) is 6.31. The first-order valence-electron chi connectivity index (χ1n) is 4.13. The molecule has 0 aromatic carbocycles. The van der Waals surface area contributed by atoms with Gasteiger partial charge in [0.2, 0.25) is 5.96 Å². The van der Waals surface area contributed by atoms with E-state index < -0.39 is 0 Å². The van der Waals surface area contributed by atoms with Gasteiger partial charge in [0.15, 0.2) is 0 Å². The van der Waals surface area contributed by atoms with Crippen LogP contribution in [0.1, 0.15) is 6.92 Å². The highest BCUT2D eigenvalue weighted by Crippen LogP contribution is 1.79. The molecule has 13 heavy (non-hydrogen) atoms. The van der Waals surface area contributed by atoms with Crippen LogP contribution in [0.25, 0.3) is 0 Å². The summed E-state index contributed by atoms with van der Waals surface area (Å²) in [4.78, 5) is 6.04. The lowest BCUT2D eigenvalue weighted by molar-refractivity contribution is 0.0562. The second-order valence-electron chi connectivity index (χ2n) is 2.17. The number of aliphatic imine (C=N–C) groups is 1. The summed E-state index contributed by atoms with van der Waals surface area (Å²) < 4.78 is 10.2. The summed E-state index contributed by atoms with van der Waals surface area (Å²) in [6.45, 7) is 4.87. The molecule has 0 aliphatic heterocycles. The van der Waals surface area contributed by atoms with Crippen LogP contribution >= 0.6 is 11.8 Å². The standard InChI is InChI=1S/C7H16ClN3O2/c1-2-12-5-6-13-4-3-10-7(9)11-8/h2-6H2,1H3,(H3,9,10,11). The highest BCUT2D eigenvalue weighted by Gasteiger charge is 1.88. The summed E-state index contributed by atoms with van der Waals surface area (Å²) in [5.74, 6) is 0.204. The van der Waals surface area contributed by atoms with Gasteiger partial charge in [0, 0.05) is 18.4 Å². The van der Waals surface area contributed by atoms with E-state index in [4.69, 9.17) is 27.0 Å². The van der Waals surface area contributed by atoms with Gasteiger partial charge in [-0.2, -0.15) is 0 Å². The highest BCUT2D eigenvalue weighted by atomic mass is 35.5. The molecule has 0 bridgehead atoms. The zero-order valence-corrected chi connectivity index (χ0v) is 8.51. The zero-order valence-electron chi connectivity index (χ0n) is 7.75. The second kappa shape index (κ2) is 9.57. The van der Waals surface area contributed by atoms with Gasteiger partial charge in [0.25, 0.3) is 0 Å². The van der Waals surface area contributed by atoms with E-state index in [1.165, 1.54) is 0 Å². The lowest BCUT2D eigenvalue weighted by Crippen LogP contribution is -2.24. The molecule has 5 nitrogen and oxygen atoms in total. The van der Waals surface area contributed by atoms with E-state index in [1.807, 2.05) is 6.92 Å². The molecule has 0 rings (SSSR count). The lowest BCUT2D eigenvalue weighted by atomic mass is 10.7. The normalized spacial score (nSPS) is 11.7. The molecule has 0 aromatic heterocycles. The fourth-order valence-corrected chi connectivity index (χ4v) is 0.685. The quantitative estimate of drug-likeness (QED) is 0.270. The summed E-state index contributed by atoms with van der Waals surface area (Å²) in [5.41, 5.74) is 5.26. The first kappa shape index (κ1) is 12.5. The Morgan fingerprint density at radius 1 is 1.38 bits per heavy atom. The summed E-state index contributed by atoms with van der Waals surface area (Å²) >= 11 is 5.17. The van der Waals surface area contributed by atoms with Crippen LogP contribution in [0.3, 0.4) is 0 Å². The van der Waals surface area contributed by atoms with Gasteiger partial charge in [-0.3, -0.25) is 9.83 Å². The van der Waals surface area contributed by atoms with Crippen LogP contribution in [-0.4, -0.2) is 38.9 Å². The van der Waals surface area contributed by atoms with Crippen LogP contribution in [0.5, 0.6) is 0 Å². The number of ether oxygens (including phenoxy) is 2. The Labute approximate surface area is 83.4 Å². The maximum atomic E-state index is 5.26. The second-order valence-corrected chi connectivity index (χ2v) is 2.36. The molecule has 6 heteroatoms. The van der Waals surface area contributed by atoms with Crippen molar-refractivity contribution in [3.8, 4) is 0 Å². The number of nitrogens with two attached hydrogens (primary N) is 1. The molecule has 78 valence electrons. The molecular weight excluding hydrogens is 194 g/mol. The van der Waals surface area contributed by atoms with Crippen molar-refractivity contribution in [2.24, 2.45) is 10.7 Å². The van der Waals surface area contributed by atoms with Crippen molar-refractivity contribution >= 4 is 17.7 Å². The van der Waals surface area contributed by atoms with Gasteiger partial charge in [-0.15, -0.1) is 0 Å². The molecule has 0 atom stereocenters. The van der Waals surface area contributed by atoms with Gasteiger partial charge in [0.1, 0.15) is 0 Å². The fourth-order valence-electron chi connectivity index (χ4n) is 0.625. The maximum Gasteiger partial charge on any atom is 0.203 e. The van der Waals surface area contributed by atoms with Crippen LogP contribution in [0.4, 0.5) is 0 Å². The van der Waals surface area contributed by atoms with Gasteiger partial charge in [0.05, 0.1) is 26.4 Å². The van der Waals surface area contributed by atoms with Crippen LogP contribution in [0.15, 0.2) is 4.99 Å². The number of hydrogen-bond donors (Lipinski definition) is 2. The Morgan fingerprint density at radius 3 is 2.69 bits per heavy atom. The number of nitrogens with one attached hydrogen (secondary N) is 1. The summed E-state index contributed by atoms with van der Waals surface area (Å²) in [6.07, 6.45) is 0. The van der Waals surface area contributed by atoms with Crippen molar-refractivity contribution in [3.05, 3.63) is 0 Å². The van der Waals surface area contributed by atoms with Crippen molar-refractivity contribution in [2.75, 3.05) is 33.0 Å². The molecular formula is C7H16ClN3O2. The van der Waals surface area contributed by atoms with Crippen molar-refractivity contribution in [3.63, 3.8) is 0 Å². The number of hydrogen-bond acceptors (Lipinski definition) is 3. The molecule has 0 radical (unpaired) electrons. The molecule has 0 heterocycles. The first-order valence-corrected chi connectivity index (χ1v) is 4.51. The minimum atomic E-state index is 0.204. The summed E-state index contributed by atoms with van der Waals surface area (Å²) in [5, 5.41) is 0. The van der Waals surface area contributed by atoms with Gasteiger partial charge in [-0.05, 0) is 6.92 Å². The molecule has 0 saturated heterocycles. The molecule has 0 aromatic rings. The van der Waals surface area contributed by atoms with E-state index in [-0.39, 0.29) is 5.96 Å². The number of guanidine groups is 1. The topological polar surface area (TPSA) is 68.9 Å². The minimum absolute atomic E-state index is 0.204. The Bertz CT molecular complexity index is 144. The predicted molar refractivity (Wildman–Crippen MR) is 52.8 cm³/mol. The molecule has 0 fully saturated rings. The Morgan fingerprint density at radius 2 is 2.08 bits per heavy atom. The molecule has 0 saturated carbocycles. The van der Waals surface area contributed by atoms with E-state index in [9.17, 15) is 0 Å². The van der Waals surface area contributed by atoms with E-state index in [0.717, 1.165) is 0 Å². The number of rotatable bonds is 7. The van der Waals surface area contributed by atoms with Crippen LogP contribution in [0, 0.1) is 0 Å². The zero-order chi connectivity index (χ0) is 9.94. The minimum Gasteiger partial charge on any atom is -0.379 e. The van der Waals surface area contributed by atoms with Crippen LogP contribution in [-0.2, 0) is 9.47 Å². The highest BCUT2D eigenvalue weighted by molar-refractivity contribution is 6.21. The molecule has 0 aliphatic carbocycles. The van der Waals surface area contributed by atoms with Crippen molar-refractivity contribution in [1.29, 1.82) is 0 Å². The monoisotopic (exact) mass is 209 g/mol. The van der Waals surface area contributed by atoms with Crippen molar-refractivity contribution < 1.29 is 9.47 Å². The smallest absolute Gasteiger partial charge is 0.203 e. The number of nitrogens with zero attached hydrogens (tertiary/aromatic N) is 1. The van der Waals surface area contributed by atoms with Crippen LogP contribution < -0.4 is 10.6 Å². The molecule has 0 aliphatic rings. The third-order valence-electron chi connectivity index (χ3n) is 1.19. The van der Waals surface area contributed by atoms with Crippen molar-refractivity contribution in [1.82, 2.24) is 4.84 Å². The van der Waals surface area contributed by atoms with Gasteiger partial charge >= 0.3 is 0 Å². The van der Waals surface area contributed by atoms with E-state index >= 15 is 0 Å². The Kier molecular flexibility index (Phi) is 9.18. The predicted octanol–water partition coefficient (Wildman–Crippen LogP) is 0.0976. The average molecular weight is 210 g/mol. The summed E-state index contributed by atoms with van der Waals surface area (Å²) in [7, 11) is 0.